The van der Waals surface area contributed by atoms with Crippen molar-refractivity contribution >= 4 is 11.9 Å². The number of rotatable bonds is 3. The van der Waals surface area contributed by atoms with Gasteiger partial charge in [-0.15, -0.1) is 0 Å². The molecule has 0 atom stereocenters. The van der Waals surface area contributed by atoms with E-state index in [1.54, 1.807) is 0 Å². The quantitative estimate of drug-likeness (QED) is 0.736. The van der Waals surface area contributed by atoms with E-state index in [1.807, 2.05) is 38.0 Å². The Morgan fingerprint density at radius 1 is 0.867 bits per heavy atom. The number of anilines is 2. The van der Waals surface area contributed by atoms with E-state index in [4.69, 9.17) is 0 Å². The number of hydrogen-bond acceptors (Lipinski definition) is 5. The van der Waals surface area contributed by atoms with Gasteiger partial charge in [0.1, 0.15) is 5.82 Å². The molecule has 0 aliphatic heterocycles. The van der Waals surface area contributed by atoms with Crippen LogP contribution in [-0.4, -0.2) is 43.1 Å². The molecule has 1 aliphatic carbocycles. The van der Waals surface area contributed by atoms with Gasteiger partial charge >= 0.3 is 0 Å². The Morgan fingerprint density at radius 3 is 1.67 bits per heavy atom. The molecule has 0 bridgehead atoms. The Balaban J connectivity index is 2.39. The average molecular weight is 207 g/mol. The summed E-state index contributed by atoms with van der Waals surface area (Å²) in [5.74, 6) is 2.99. The highest BCUT2D eigenvalue weighted by Crippen LogP contribution is 2.38. The molecule has 5 nitrogen and oxygen atoms in total. The van der Waals surface area contributed by atoms with Crippen LogP contribution < -0.4 is 9.80 Å². The Labute approximate surface area is 90.2 Å². The van der Waals surface area contributed by atoms with E-state index in [0.29, 0.717) is 5.92 Å². The van der Waals surface area contributed by atoms with Crippen LogP contribution in [0.1, 0.15) is 24.6 Å². The van der Waals surface area contributed by atoms with Crippen LogP contribution in [0.15, 0.2) is 0 Å². The molecule has 0 N–H and O–H groups in total. The highest BCUT2D eigenvalue weighted by molar-refractivity contribution is 5.37. The van der Waals surface area contributed by atoms with Crippen molar-refractivity contribution < 1.29 is 0 Å². The summed E-state index contributed by atoms with van der Waals surface area (Å²) in [5, 5.41) is 0. The fourth-order valence-corrected chi connectivity index (χ4v) is 1.29. The standard InChI is InChI=1S/C10H17N5/c1-14(2)9-11-8(7-5-6-7)12-10(13-9)15(3)4/h7H,5-6H2,1-4H3. The molecular formula is C10H17N5. The van der Waals surface area contributed by atoms with Crippen molar-refractivity contribution in [1.29, 1.82) is 0 Å². The van der Waals surface area contributed by atoms with Crippen LogP contribution >= 0.6 is 0 Å². The van der Waals surface area contributed by atoms with Crippen molar-refractivity contribution in [2.45, 2.75) is 18.8 Å². The molecule has 2 rings (SSSR count). The van der Waals surface area contributed by atoms with E-state index < -0.39 is 0 Å². The third kappa shape index (κ3) is 2.16. The van der Waals surface area contributed by atoms with Gasteiger partial charge in [0, 0.05) is 34.1 Å². The molecule has 1 fully saturated rings. The van der Waals surface area contributed by atoms with Crippen LogP contribution in [-0.2, 0) is 0 Å². The highest BCUT2D eigenvalue weighted by atomic mass is 15.3. The molecule has 5 heteroatoms. The summed E-state index contributed by atoms with van der Waals surface area (Å²) in [6, 6.07) is 0. The third-order valence-electron chi connectivity index (χ3n) is 2.37. The van der Waals surface area contributed by atoms with Gasteiger partial charge in [-0.05, 0) is 12.8 Å². The summed E-state index contributed by atoms with van der Waals surface area (Å²) in [7, 11) is 7.80. The summed E-state index contributed by atoms with van der Waals surface area (Å²) in [6.45, 7) is 0. The van der Waals surface area contributed by atoms with Gasteiger partial charge in [-0.2, -0.15) is 15.0 Å². The predicted molar refractivity (Wildman–Crippen MR) is 60.5 cm³/mol. The zero-order valence-corrected chi connectivity index (χ0v) is 9.73. The smallest absolute Gasteiger partial charge is 0.229 e. The zero-order valence-electron chi connectivity index (χ0n) is 9.73. The van der Waals surface area contributed by atoms with Crippen LogP contribution in [0.2, 0.25) is 0 Å². The maximum absolute atomic E-state index is 4.45. The van der Waals surface area contributed by atoms with Gasteiger partial charge < -0.3 is 9.80 Å². The molecule has 0 amide bonds. The molecule has 1 aromatic heterocycles. The predicted octanol–water partition coefficient (Wildman–Crippen LogP) is 0.881. The molecule has 1 saturated carbocycles. The van der Waals surface area contributed by atoms with Crippen molar-refractivity contribution in [2.24, 2.45) is 0 Å². The molecule has 0 unspecified atom stereocenters. The van der Waals surface area contributed by atoms with Gasteiger partial charge in [-0.1, -0.05) is 0 Å². The molecule has 0 saturated heterocycles. The Hall–Kier alpha value is -1.39. The number of aromatic nitrogens is 3. The van der Waals surface area contributed by atoms with E-state index in [2.05, 4.69) is 15.0 Å². The number of hydrogen-bond donors (Lipinski definition) is 0. The van der Waals surface area contributed by atoms with Crippen molar-refractivity contribution in [1.82, 2.24) is 15.0 Å². The highest BCUT2D eigenvalue weighted by Gasteiger charge is 2.28. The van der Waals surface area contributed by atoms with Gasteiger partial charge in [-0.25, -0.2) is 0 Å². The van der Waals surface area contributed by atoms with Gasteiger partial charge in [0.2, 0.25) is 11.9 Å². The summed E-state index contributed by atoms with van der Waals surface area (Å²) in [5.41, 5.74) is 0. The molecule has 82 valence electrons. The first-order chi connectivity index (χ1) is 7.08. The van der Waals surface area contributed by atoms with E-state index in [1.165, 1.54) is 12.8 Å². The molecule has 15 heavy (non-hydrogen) atoms. The minimum atomic E-state index is 0.561. The number of nitrogens with zero attached hydrogens (tertiary/aromatic N) is 5. The van der Waals surface area contributed by atoms with Crippen molar-refractivity contribution in [3.8, 4) is 0 Å². The summed E-state index contributed by atoms with van der Waals surface area (Å²) in [6.07, 6.45) is 2.42. The second kappa shape index (κ2) is 3.64. The van der Waals surface area contributed by atoms with Gasteiger partial charge in [-0.3, -0.25) is 0 Å². The van der Waals surface area contributed by atoms with Gasteiger partial charge in [0.05, 0.1) is 0 Å². The maximum Gasteiger partial charge on any atom is 0.229 e. The Morgan fingerprint density at radius 2 is 1.33 bits per heavy atom. The lowest BCUT2D eigenvalue weighted by Gasteiger charge is -2.15. The first-order valence-corrected chi connectivity index (χ1v) is 5.18. The maximum atomic E-state index is 4.45. The van der Waals surface area contributed by atoms with E-state index in [0.717, 1.165) is 17.7 Å². The second-order valence-corrected chi connectivity index (χ2v) is 4.36. The topological polar surface area (TPSA) is 45.2 Å². The van der Waals surface area contributed by atoms with Crippen LogP contribution in [0.3, 0.4) is 0 Å². The fraction of sp³-hybridized carbons (Fsp3) is 0.700. The molecule has 1 aromatic rings. The normalized spacial score (nSPS) is 15.2. The SMILES string of the molecule is CN(C)c1nc(C2CC2)nc(N(C)C)n1. The van der Waals surface area contributed by atoms with Gasteiger partial charge in [0.15, 0.2) is 0 Å². The van der Waals surface area contributed by atoms with Crippen molar-refractivity contribution in [3.05, 3.63) is 5.82 Å². The minimum absolute atomic E-state index is 0.561. The van der Waals surface area contributed by atoms with E-state index >= 15 is 0 Å². The van der Waals surface area contributed by atoms with Crippen molar-refractivity contribution in [2.75, 3.05) is 38.0 Å². The van der Waals surface area contributed by atoms with Crippen molar-refractivity contribution in [3.63, 3.8) is 0 Å². The summed E-state index contributed by atoms with van der Waals surface area (Å²) in [4.78, 5) is 17.1. The molecule has 0 radical (unpaired) electrons. The second-order valence-electron chi connectivity index (χ2n) is 4.36. The van der Waals surface area contributed by atoms with Crippen LogP contribution in [0.25, 0.3) is 0 Å². The first-order valence-electron chi connectivity index (χ1n) is 5.18. The lowest BCUT2D eigenvalue weighted by molar-refractivity contribution is 0.839. The summed E-state index contributed by atoms with van der Waals surface area (Å²) >= 11 is 0. The molecule has 0 aromatic carbocycles. The minimum Gasteiger partial charge on any atom is -0.347 e. The van der Waals surface area contributed by atoms with Crippen LogP contribution in [0, 0.1) is 0 Å². The third-order valence-corrected chi connectivity index (χ3v) is 2.37. The lowest BCUT2D eigenvalue weighted by atomic mass is 10.4. The van der Waals surface area contributed by atoms with Gasteiger partial charge in [0.25, 0.3) is 0 Å². The average Bonchev–Trinajstić information content (AvgIpc) is 3.00. The molecule has 0 spiro atoms. The largest absolute Gasteiger partial charge is 0.347 e. The lowest BCUT2D eigenvalue weighted by Crippen LogP contribution is -2.19. The van der Waals surface area contributed by atoms with Crippen LogP contribution in [0.5, 0.6) is 0 Å². The van der Waals surface area contributed by atoms with E-state index in [-0.39, 0.29) is 0 Å². The zero-order chi connectivity index (χ0) is 11.0. The van der Waals surface area contributed by atoms with E-state index in [9.17, 15) is 0 Å². The summed E-state index contributed by atoms with van der Waals surface area (Å²) < 4.78 is 0. The Kier molecular flexibility index (Phi) is 2.46. The Bertz CT molecular complexity index is 300. The molecule has 1 heterocycles. The van der Waals surface area contributed by atoms with Crippen LogP contribution in [0.4, 0.5) is 11.9 Å². The monoisotopic (exact) mass is 207 g/mol. The molecule has 1 aliphatic rings. The molecular weight excluding hydrogens is 190 g/mol. The fourth-order valence-electron chi connectivity index (χ4n) is 1.29. The first kappa shape index (κ1) is 10.1.